The SMILES string of the molecule is CC(C)(C)[C@@H](N)C(=O)N[C@H](Cc1ccc(O)cc1)C(=O)O. The summed E-state index contributed by atoms with van der Waals surface area (Å²) in [5, 5.41) is 20.9. The maximum absolute atomic E-state index is 12.0. The van der Waals surface area contributed by atoms with Gasteiger partial charge in [-0.1, -0.05) is 32.9 Å². The van der Waals surface area contributed by atoms with Crippen molar-refractivity contribution in [2.75, 3.05) is 0 Å². The fraction of sp³-hybridized carbons (Fsp3) is 0.467. The van der Waals surface area contributed by atoms with E-state index in [0.717, 1.165) is 0 Å². The maximum Gasteiger partial charge on any atom is 0.326 e. The van der Waals surface area contributed by atoms with E-state index in [9.17, 15) is 19.8 Å². The van der Waals surface area contributed by atoms with Gasteiger partial charge in [-0.25, -0.2) is 4.79 Å². The topological polar surface area (TPSA) is 113 Å². The summed E-state index contributed by atoms with van der Waals surface area (Å²) in [4.78, 5) is 23.3. The van der Waals surface area contributed by atoms with Crippen LogP contribution in [0.2, 0.25) is 0 Å². The molecular formula is C15H22N2O4. The Morgan fingerprint density at radius 3 is 2.19 bits per heavy atom. The lowest BCUT2D eigenvalue weighted by atomic mass is 9.86. The Morgan fingerprint density at radius 2 is 1.76 bits per heavy atom. The number of carbonyl (C=O) groups is 2. The number of rotatable bonds is 5. The van der Waals surface area contributed by atoms with Crippen LogP contribution in [-0.4, -0.2) is 34.2 Å². The lowest BCUT2D eigenvalue weighted by molar-refractivity contribution is -0.142. The van der Waals surface area contributed by atoms with Gasteiger partial charge in [0.05, 0.1) is 6.04 Å². The molecule has 0 spiro atoms. The van der Waals surface area contributed by atoms with Crippen molar-refractivity contribution in [1.29, 1.82) is 0 Å². The standard InChI is InChI=1S/C15H22N2O4/c1-15(2,3)12(16)13(19)17-11(14(20)21)8-9-4-6-10(18)7-5-9/h4-7,11-12,18H,8,16H2,1-3H3,(H,17,19)(H,20,21)/t11-,12+/m1/s1. The molecule has 6 heteroatoms. The first kappa shape index (κ1) is 17.0. The minimum atomic E-state index is -1.13. The summed E-state index contributed by atoms with van der Waals surface area (Å²) < 4.78 is 0. The predicted octanol–water partition coefficient (Wildman–Crippen LogP) is 0.877. The zero-order chi connectivity index (χ0) is 16.2. The van der Waals surface area contributed by atoms with E-state index in [4.69, 9.17) is 5.73 Å². The Kier molecular flexibility index (Phi) is 5.32. The molecule has 5 N–H and O–H groups in total. The normalized spacial score (nSPS) is 14.3. The van der Waals surface area contributed by atoms with E-state index in [1.54, 1.807) is 12.1 Å². The van der Waals surface area contributed by atoms with Crippen LogP contribution < -0.4 is 11.1 Å². The van der Waals surface area contributed by atoms with Gasteiger partial charge in [-0.2, -0.15) is 0 Å². The largest absolute Gasteiger partial charge is 0.508 e. The Morgan fingerprint density at radius 1 is 1.24 bits per heavy atom. The van der Waals surface area contributed by atoms with Gasteiger partial charge in [-0.3, -0.25) is 4.79 Å². The minimum Gasteiger partial charge on any atom is -0.508 e. The zero-order valence-electron chi connectivity index (χ0n) is 12.5. The summed E-state index contributed by atoms with van der Waals surface area (Å²) in [7, 11) is 0. The van der Waals surface area contributed by atoms with Crippen molar-refractivity contribution >= 4 is 11.9 Å². The van der Waals surface area contributed by atoms with Crippen LogP contribution in [0.3, 0.4) is 0 Å². The van der Waals surface area contributed by atoms with Crippen molar-refractivity contribution in [2.24, 2.45) is 11.1 Å². The lowest BCUT2D eigenvalue weighted by Gasteiger charge is -2.27. The molecule has 0 aliphatic rings. The van der Waals surface area contributed by atoms with Gasteiger partial charge in [0.1, 0.15) is 11.8 Å². The predicted molar refractivity (Wildman–Crippen MR) is 78.8 cm³/mol. The first-order chi connectivity index (χ1) is 9.61. The number of hydrogen-bond donors (Lipinski definition) is 4. The van der Waals surface area contributed by atoms with Crippen LogP contribution in [0, 0.1) is 5.41 Å². The second-order valence-corrected chi connectivity index (χ2v) is 6.11. The molecule has 0 radical (unpaired) electrons. The fourth-order valence-electron chi connectivity index (χ4n) is 1.72. The van der Waals surface area contributed by atoms with E-state index < -0.39 is 29.4 Å². The Hall–Kier alpha value is -2.08. The first-order valence-electron chi connectivity index (χ1n) is 6.68. The molecule has 6 nitrogen and oxygen atoms in total. The van der Waals surface area contributed by atoms with Gasteiger partial charge < -0.3 is 21.3 Å². The summed E-state index contributed by atoms with van der Waals surface area (Å²) in [6.45, 7) is 5.44. The van der Waals surface area contributed by atoms with E-state index in [1.165, 1.54) is 12.1 Å². The molecule has 2 atom stereocenters. The van der Waals surface area contributed by atoms with E-state index in [2.05, 4.69) is 5.32 Å². The van der Waals surface area contributed by atoms with Gasteiger partial charge in [0.15, 0.2) is 0 Å². The number of phenols is 1. The molecule has 0 saturated carbocycles. The molecule has 116 valence electrons. The molecule has 21 heavy (non-hydrogen) atoms. The highest BCUT2D eigenvalue weighted by Gasteiger charge is 2.30. The summed E-state index contributed by atoms with van der Waals surface area (Å²) >= 11 is 0. The van der Waals surface area contributed by atoms with Crippen LogP contribution in [0.15, 0.2) is 24.3 Å². The summed E-state index contributed by atoms with van der Waals surface area (Å²) in [6.07, 6.45) is 0.123. The fourth-order valence-corrected chi connectivity index (χ4v) is 1.72. The molecule has 0 bridgehead atoms. The highest BCUT2D eigenvalue weighted by Crippen LogP contribution is 2.18. The number of hydrogen-bond acceptors (Lipinski definition) is 4. The van der Waals surface area contributed by atoms with Gasteiger partial charge in [-0.05, 0) is 23.1 Å². The van der Waals surface area contributed by atoms with Crippen LogP contribution in [-0.2, 0) is 16.0 Å². The first-order valence-corrected chi connectivity index (χ1v) is 6.68. The molecule has 0 heterocycles. The average Bonchev–Trinajstić information content (AvgIpc) is 2.38. The number of phenolic OH excluding ortho intramolecular Hbond substituents is 1. The van der Waals surface area contributed by atoms with Crippen molar-refractivity contribution in [3.05, 3.63) is 29.8 Å². The summed E-state index contributed by atoms with van der Waals surface area (Å²) in [5.41, 5.74) is 6.06. The maximum atomic E-state index is 12.0. The lowest BCUT2D eigenvalue weighted by Crippen LogP contribution is -2.53. The third kappa shape index (κ3) is 5.07. The van der Waals surface area contributed by atoms with Crippen molar-refractivity contribution in [1.82, 2.24) is 5.32 Å². The van der Waals surface area contributed by atoms with E-state index >= 15 is 0 Å². The number of carboxylic acids is 1. The number of aromatic hydroxyl groups is 1. The quantitative estimate of drug-likeness (QED) is 0.644. The summed E-state index contributed by atoms with van der Waals surface area (Å²) in [6, 6.07) is 4.31. The van der Waals surface area contributed by atoms with Crippen LogP contribution >= 0.6 is 0 Å². The van der Waals surface area contributed by atoms with Gasteiger partial charge in [-0.15, -0.1) is 0 Å². The highest BCUT2D eigenvalue weighted by atomic mass is 16.4. The third-order valence-electron chi connectivity index (χ3n) is 3.21. The van der Waals surface area contributed by atoms with Gasteiger partial charge in [0.2, 0.25) is 5.91 Å². The summed E-state index contributed by atoms with van der Waals surface area (Å²) in [5.74, 6) is -1.52. The van der Waals surface area contributed by atoms with Crippen LogP contribution in [0.1, 0.15) is 26.3 Å². The number of nitrogens with two attached hydrogens (primary N) is 1. The average molecular weight is 294 g/mol. The number of carbonyl (C=O) groups excluding carboxylic acids is 1. The van der Waals surface area contributed by atoms with Crippen LogP contribution in [0.4, 0.5) is 0 Å². The van der Waals surface area contributed by atoms with Crippen molar-refractivity contribution in [2.45, 2.75) is 39.3 Å². The van der Waals surface area contributed by atoms with Crippen molar-refractivity contribution in [3.8, 4) is 5.75 Å². The molecule has 0 unspecified atom stereocenters. The molecule has 0 aromatic heterocycles. The number of amides is 1. The van der Waals surface area contributed by atoms with Crippen LogP contribution in [0.5, 0.6) is 5.75 Å². The monoisotopic (exact) mass is 294 g/mol. The van der Waals surface area contributed by atoms with E-state index in [-0.39, 0.29) is 12.2 Å². The van der Waals surface area contributed by atoms with Gasteiger partial charge in [0, 0.05) is 6.42 Å². The van der Waals surface area contributed by atoms with E-state index in [0.29, 0.717) is 5.56 Å². The molecule has 0 aliphatic carbocycles. The molecule has 0 fully saturated rings. The molecule has 1 amide bonds. The highest BCUT2D eigenvalue weighted by molar-refractivity contribution is 5.87. The van der Waals surface area contributed by atoms with Crippen LogP contribution in [0.25, 0.3) is 0 Å². The second kappa shape index (κ2) is 6.58. The number of carboxylic acid groups (broad SMARTS) is 1. The molecule has 1 rings (SSSR count). The van der Waals surface area contributed by atoms with Gasteiger partial charge in [0.25, 0.3) is 0 Å². The number of aliphatic carboxylic acids is 1. The van der Waals surface area contributed by atoms with E-state index in [1.807, 2.05) is 20.8 Å². The Balaban J connectivity index is 2.77. The molecule has 0 saturated heterocycles. The smallest absolute Gasteiger partial charge is 0.326 e. The number of benzene rings is 1. The molecular weight excluding hydrogens is 272 g/mol. The molecule has 1 aromatic carbocycles. The molecule has 1 aromatic rings. The zero-order valence-corrected chi connectivity index (χ0v) is 12.5. The minimum absolute atomic E-state index is 0.101. The Labute approximate surface area is 124 Å². The molecule has 0 aliphatic heterocycles. The number of nitrogens with one attached hydrogen (secondary N) is 1. The van der Waals surface area contributed by atoms with Crippen molar-refractivity contribution < 1.29 is 19.8 Å². The second-order valence-electron chi connectivity index (χ2n) is 6.11. The van der Waals surface area contributed by atoms with Crippen molar-refractivity contribution in [3.63, 3.8) is 0 Å². The van der Waals surface area contributed by atoms with Gasteiger partial charge >= 0.3 is 5.97 Å². The third-order valence-corrected chi connectivity index (χ3v) is 3.21. The Bertz CT molecular complexity index is 505.